The van der Waals surface area contributed by atoms with Gasteiger partial charge in [0.25, 0.3) is 0 Å². The van der Waals surface area contributed by atoms with Gasteiger partial charge in [0.05, 0.1) is 5.56 Å². The first-order chi connectivity index (χ1) is 8.02. The van der Waals surface area contributed by atoms with Gasteiger partial charge in [-0.1, -0.05) is 25.5 Å². The third-order valence-electron chi connectivity index (χ3n) is 2.63. The molecule has 0 atom stereocenters. The van der Waals surface area contributed by atoms with Crippen LogP contribution in [0.2, 0.25) is 0 Å². The molecule has 0 aliphatic heterocycles. The Hall–Kier alpha value is -1.77. The van der Waals surface area contributed by atoms with Crippen molar-refractivity contribution in [2.24, 2.45) is 0 Å². The number of aromatic hydroxyl groups is 2. The van der Waals surface area contributed by atoms with E-state index in [1.165, 1.54) is 13.0 Å². The Morgan fingerprint density at radius 1 is 1.35 bits per heavy atom. The topological polar surface area (TPSA) is 57.5 Å². The van der Waals surface area contributed by atoms with Gasteiger partial charge in [-0.05, 0) is 26.3 Å². The molecule has 0 aliphatic carbocycles. The van der Waals surface area contributed by atoms with Gasteiger partial charge in [0.15, 0.2) is 5.78 Å². The summed E-state index contributed by atoms with van der Waals surface area (Å²) in [6.07, 6.45) is 4.84. The second-order valence-corrected chi connectivity index (χ2v) is 4.00. The second kappa shape index (κ2) is 5.53. The predicted molar refractivity (Wildman–Crippen MR) is 68.5 cm³/mol. The number of rotatable bonds is 4. The fourth-order valence-corrected chi connectivity index (χ4v) is 1.80. The van der Waals surface area contributed by atoms with Gasteiger partial charge in [0.2, 0.25) is 0 Å². The van der Waals surface area contributed by atoms with Crippen molar-refractivity contribution in [1.82, 2.24) is 0 Å². The summed E-state index contributed by atoms with van der Waals surface area (Å²) in [7, 11) is 0. The summed E-state index contributed by atoms with van der Waals surface area (Å²) in [4.78, 5) is 11.4. The standard InChI is InChI=1S/C14H18O3/c1-4-6-10-8-12(9(3)15)14(17)11(7-5-2)13(10)16/h4,6,8,16-17H,5,7H2,1-3H3/b6-4-. The van der Waals surface area contributed by atoms with E-state index in [-0.39, 0.29) is 22.8 Å². The molecule has 0 aromatic heterocycles. The normalized spacial score (nSPS) is 11.0. The maximum Gasteiger partial charge on any atom is 0.163 e. The molecule has 1 aromatic carbocycles. The molecule has 0 spiro atoms. The number of phenols is 2. The van der Waals surface area contributed by atoms with E-state index < -0.39 is 0 Å². The maximum absolute atomic E-state index is 11.4. The highest BCUT2D eigenvalue weighted by atomic mass is 16.3. The highest BCUT2D eigenvalue weighted by molar-refractivity contribution is 5.98. The number of hydrogen-bond acceptors (Lipinski definition) is 3. The van der Waals surface area contributed by atoms with Crippen LogP contribution in [0.4, 0.5) is 0 Å². The van der Waals surface area contributed by atoms with E-state index in [0.717, 1.165) is 6.42 Å². The van der Waals surface area contributed by atoms with Crippen LogP contribution in [0.1, 0.15) is 48.7 Å². The van der Waals surface area contributed by atoms with Crippen molar-refractivity contribution in [2.75, 3.05) is 0 Å². The Balaban J connectivity index is 3.51. The molecule has 0 amide bonds. The van der Waals surface area contributed by atoms with Crippen molar-refractivity contribution in [3.63, 3.8) is 0 Å². The predicted octanol–water partition coefficient (Wildman–Crippen LogP) is 3.29. The summed E-state index contributed by atoms with van der Waals surface area (Å²) in [6.45, 7) is 5.19. The lowest BCUT2D eigenvalue weighted by molar-refractivity contribution is 0.101. The van der Waals surface area contributed by atoms with Crippen molar-refractivity contribution < 1.29 is 15.0 Å². The lowest BCUT2D eigenvalue weighted by Gasteiger charge is -2.12. The molecule has 2 N–H and O–H groups in total. The van der Waals surface area contributed by atoms with Crippen LogP contribution in [0.25, 0.3) is 6.08 Å². The monoisotopic (exact) mass is 234 g/mol. The van der Waals surface area contributed by atoms with Gasteiger partial charge in [-0.25, -0.2) is 0 Å². The van der Waals surface area contributed by atoms with Gasteiger partial charge in [0, 0.05) is 11.1 Å². The minimum Gasteiger partial charge on any atom is -0.507 e. The minimum atomic E-state index is -0.203. The maximum atomic E-state index is 11.4. The molecule has 1 rings (SSSR count). The third-order valence-corrected chi connectivity index (χ3v) is 2.63. The Morgan fingerprint density at radius 2 is 2.00 bits per heavy atom. The molecular formula is C14H18O3. The molecule has 0 bridgehead atoms. The molecule has 3 nitrogen and oxygen atoms in total. The Bertz CT molecular complexity index is 459. The van der Waals surface area contributed by atoms with E-state index in [1.807, 2.05) is 13.8 Å². The van der Waals surface area contributed by atoms with Crippen LogP contribution >= 0.6 is 0 Å². The fraction of sp³-hybridized carbons (Fsp3) is 0.357. The van der Waals surface area contributed by atoms with E-state index in [9.17, 15) is 15.0 Å². The molecular weight excluding hydrogens is 216 g/mol. The first-order valence-electron chi connectivity index (χ1n) is 5.74. The Morgan fingerprint density at radius 3 is 2.47 bits per heavy atom. The zero-order valence-corrected chi connectivity index (χ0v) is 10.4. The molecule has 0 heterocycles. The molecule has 0 aliphatic rings. The van der Waals surface area contributed by atoms with Crippen LogP contribution in [-0.2, 0) is 6.42 Å². The van der Waals surface area contributed by atoms with Gasteiger partial charge in [-0.15, -0.1) is 0 Å². The SMILES string of the molecule is C/C=C\c1cc(C(C)=O)c(O)c(CCC)c1O. The first kappa shape index (κ1) is 13.3. The number of hydrogen-bond donors (Lipinski definition) is 2. The van der Waals surface area contributed by atoms with Crippen LogP contribution in [0.15, 0.2) is 12.1 Å². The van der Waals surface area contributed by atoms with Crippen LogP contribution in [0, 0.1) is 0 Å². The van der Waals surface area contributed by atoms with E-state index >= 15 is 0 Å². The van der Waals surface area contributed by atoms with E-state index in [4.69, 9.17) is 0 Å². The van der Waals surface area contributed by atoms with Crippen molar-refractivity contribution in [3.8, 4) is 11.5 Å². The van der Waals surface area contributed by atoms with E-state index in [0.29, 0.717) is 17.5 Å². The summed E-state index contributed by atoms with van der Waals surface area (Å²) in [5.41, 5.74) is 1.28. The minimum absolute atomic E-state index is 0.0625. The molecule has 3 heteroatoms. The smallest absolute Gasteiger partial charge is 0.163 e. The quantitative estimate of drug-likeness (QED) is 0.786. The van der Waals surface area contributed by atoms with Crippen LogP contribution in [-0.4, -0.2) is 16.0 Å². The van der Waals surface area contributed by atoms with Gasteiger partial charge >= 0.3 is 0 Å². The summed E-state index contributed by atoms with van der Waals surface area (Å²) >= 11 is 0. The van der Waals surface area contributed by atoms with Crippen molar-refractivity contribution >= 4 is 11.9 Å². The number of carbonyl (C=O) groups is 1. The molecule has 0 radical (unpaired) electrons. The van der Waals surface area contributed by atoms with Gasteiger partial charge in [0.1, 0.15) is 11.5 Å². The highest BCUT2D eigenvalue weighted by Crippen LogP contribution is 2.36. The first-order valence-corrected chi connectivity index (χ1v) is 5.74. The average molecular weight is 234 g/mol. The molecule has 92 valence electrons. The zero-order valence-electron chi connectivity index (χ0n) is 10.4. The molecule has 0 fully saturated rings. The molecule has 17 heavy (non-hydrogen) atoms. The number of Topliss-reactive ketones (excluding diaryl/α,β-unsaturated/α-hetero) is 1. The van der Waals surface area contributed by atoms with Crippen molar-refractivity contribution in [3.05, 3.63) is 28.8 Å². The largest absolute Gasteiger partial charge is 0.507 e. The molecule has 1 aromatic rings. The summed E-state index contributed by atoms with van der Waals surface area (Å²) in [6, 6.07) is 1.52. The average Bonchev–Trinajstić information content (AvgIpc) is 2.27. The molecule has 0 saturated carbocycles. The number of benzene rings is 1. The third kappa shape index (κ3) is 2.67. The van der Waals surface area contributed by atoms with Crippen molar-refractivity contribution in [2.45, 2.75) is 33.6 Å². The summed E-state index contributed by atoms with van der Waals surface area (Å²) in [5.74, 6) is -0.233. The zero-order chi connectivity index (χ0) is 13.0. The van der Waals surface area contributed by atoms with Crippen LogP contribution < -0.4 is 0 Å². The number of phenolic OH excluding ortho intramolecular Hbond substituents is 2. The van der Waals surface area contributed by atoms with Gasteiger partial charge in [-0.2, -0.15) is 0 Å². The van der Waals surface area contributed by atoms with Crippen LogP contribution in [0.3, 0.4) is 0 Å². The molecule has 0 saturated heterocycles. The second-order valence-electron chi connectivity index (χ2n) is 4.00. The number of ketones is 1. The van der Waals surface area contributed by atoms with Gasteiger partial charge in [-0.3, -0.25) is 4.79 Å². The summed E-state index contributed by atoms with van der Waals surface area (Å²) in [5, 5.41) is 20.0. The Kier molecular flexibility index (Phi) is 4.32. The van der Waals surface area contributed by atoms with Gasteiger partial charge < -0.3 is 10.2 Å². The number of allylic oxidation sites excluding steroid dienone is 1. The van der Waals surface area contributed by atoms with Crippen molar-refractivity contribution in [1.29, 1.82) is 0 Å². The fourth-order valence-electron chi connectivity index (χ4n) is 1.80. The summed E-state index contributed by atoms with van der Waals surface area (Å²) < 4.78 is 0. The van der Waals surface area contributed by atoms with E-state index in [1.54, 1.807) is 12.2 Å². The van der Waals surface area contributed by atoms with E-state index in [2.05, 4.69) is 0 Å². The molecule has 0 unspecified atom stereocenters. The lowest BCUT2D eigenvalue weighted by Crippen LogP contribution is -1.99. The Labute approximate surface area is 101 Å². The highest BCUT2D eigenvalue weighted by Gasteiger charge is 2.17. The lowest BCUT2D eigenvalue weighted by atomic mass is 9.97. The van der Waals surface area contributed by atoms with Crippen LogP contribution in [0.5, 0.6) is 11.5 Å². The number of carbonyl (C=O) groups excluding carboxylic acids is 1.